The van der Waals surface area contributed by atoms with Gasteiger partial charge in [0.25, 0.3) is 0 Å². The molecule has 130 valence electrons. The number of ether oxygens (including phenoxy) is 2. The van der Waals surface area contributed by atoms with Gasteiger partial charge in [-0.05, 0) is 41.8 Å². The lowest BCUT2D eigenvalue weighted by molar-refractivity contribution is 0.126. The van der Waals surface area contributed by atoms with E-state index in [4.69, 9.17) is 9.47 Å². The SMILES string of the molecule is COc1cc([C@H](O)[C@@H](CCO)c2ccc(O)c(OC)c2)ccc1O. The summed E-state index contributed by atoms with van der Waals surface area (Å²) in [6.45, 7) is -0.111. The summed E-state index contributed by atoms with van der Waals surface area (Å²) >= 11 is 0. The molecule has 0 aliphatic heterocycles. The van der Waals surface area contributed by atoms with Crippen molar-refractivity contribution in [3.8, 4) is 23.0 Å². The maximum Gasteiger partial charge on any atom is 0.160 e. The number of hydrogen-bond acceptors (Lipinski definition) is 6. The van der Waals surface area contributed by atoms with Gasteiger partial charge in [-0.3, -0.25) is 0 Å². The number of aromatic hydroxyl groups is 2. The summed E-state index contributed by atoms with van der Waals surface area (Å²) < 4.78 is 10.2. The van der Waals surface area contributed by atoms with Gasteiger partial charge >= 0.3 is 0 Å². The summed E-state index contributed by atoms with van der Waals surface area (Å²) in [4.78, 5) is 0. The predicted molar refractivity (Wildman–Crippen MR) is 88.7 cm³/mol. The van der Waals surface area contributed by atoms with Gasteiger partial charge in [-0.2, -0.15) is 0 Å². The number of hydrogen-bond donors (Lipinski definition) is 4. The van der Waals surface area contributed by atoms with E-state index in [0.717, 1.165) is 5.56 Å². The molecule has 0 saturated carbocycles. The van der Waals surface area contributed by atoms with E-state index in [1.165, 1.54) is 26.4 Å². The highest BCUT2D eigenvalue weighted by atomic mass is 16.5. The number of phenolic OH excluding ortho intramolecular Hbond substituents is 2. The highest BCUT2D eigenvalue weighted by Crippen LogP contribution is 2.39. The summed E-state index contributed by atoms with van der Waals surface area (Å²) in [7, 11) is 2.88. The Morgan fingerprint density at radius 2 is 1.38 bits per heavy atom. The van der Waals surface area contributed by atoms with Crippen LogP contribution in [-0.4, -0.2) is 41.3 Å². The quantitative estimate of drug-likeness (QED) is 0.620. The molecule has 0 aliphatic rings. The van der Waals surface area contributed by atoms with Crippen molar-refractivity contribution in [3.05, 3.63) is 47.5 Å². The van der Waals surface area contributed by atoms with E-state index in [9.17, 15) is 20.4 Å². The first-order valence-electron chi connectivity index (χ1n) is 7.54. The molecule has 6 nitrogen and oxygen atoms in total. The van der Waals surface area contributed by atoms with Gasteiger partial charge < -0.3 is 29.9 Å². The van der Waals surface area contributed by atoms with Crippen molar-refractivity contribution in [2.24, 2.45) is 0 Å². The Hall–Kier alpha value is -2.44. The molecular formula is C18H22O6. The molecule has 0 heterocycles. The average molecular weight is 334 g/mol. The second kappa shape index (κ2) is 7.90. The van der Waals surface area contributed by atoms with Gasteiger partial charge in [0.1, 0.15) is 0 Å². The Bertz CT molecular complexity index is 685. The van der Waals surface area contributed by atoms with Crippen LogP contribution in [0.25, 0.3) is 0 Å². The molecule has 4 N–H and O–H groups in total. The van der Waals surface area contributed by atoms with Gasteiger partial charge in [-0.25, -0.2) is 0 Å². The van der Waals surface area contributed by atoms with Crippen LogP contribution in [0.2, 0.25) is 0 Å². The zero-order valence-electron chi connectivity index (χ0n) is 13.6. The standard InChI is InChI=1S/C18H22O6/c1-23-16-9-11(3-5-14(16)20)13(7-8-19)18(22)12-4-6-15(21)17(10-12)24-2/h3-6,9-10,13,18-22H,7-8H2,1-2H3/t13-,18-/m0/s1. The van der Waals surface area contributed by atoms with E-state index >= 15 is 0 Å². The van der Waals surface area contributed by atoms with Crippen LogP contribution < -0.4 is 9.47 Å². The van der Waals surface area contributed by atoms with Gasteiger partial charge in [-0.1, -0.05) is 12.1 Å². The third-order valence-electron chi connectivity index (χ3n) is 4.00. The van der Waals surface area contributed by atoms with Crippen molar-refractivity contribution in [2.75, 3.05) is 20.8 Å². The van der Waals surface area contributed by atoms with Gasteiger partial charge in [0.2, 0.25) is 0 Å². The zero-order valence-corrected chi connectivity index (χ0v) is 13.6. The van der Waals surface area contributed by atoms with E-state index in [1.54, 1.807) is 24.3 Å². The molecule has 2 atom stereocenters. The first-order chi connectivity index (χ1) is 11.5. The Kier molecular flexibility index (Phi) is 5.89. The zero-order chi connectivity index (χ0) is 17.7. The number of methoxy groups -OCH3 is 2. The normalized spacial score (nSPS) is 13.3. The van der Waals surface area contributed by atoms with Crippen LogP contribution in [0.3, 0.4) is 0 Å². The lowest BCUT2D eigenvalue weighted by atomic mass is 9.86. The fraction of sp³-hybridized carbons (Fsp3) is 0.333. The Balaban J connectivity index is 2.39. The predicted octanol–water partition coefficient (Wildman–Crippen LogP) is 2.31. The van der Waals surface area contributed by atoms with Crippen LogP contribution in [0.4, 0.5) is 0 Å². The molecule has 0 spiro atoms. The fourth-order valence-electron chi connectivity index (χ4n) is 2.68. The summed E-state index contributed by atoms with van der Waals surface area (Å²) in [5.74, 6) is 0.130. The lowest BCUT2D eigenvalue weighted by Gasteiger charge is -2.24. The minimum Gasteiger partial charge on any atom is -0.504 e. The van der Waals surface area contributed by atoms with Gasteiger partial charge in [0.15, 0.2) is 23.0 Å². The highest BCUT2D eigenvalue weighted by Gasteiger charge is 2.24. The molecule has 2 aromatic carbocycles. The van der Waals surface area contributed by atoms with E-state index in [0.29, 0.717) is 17.7 Å². The molecule has 6 heteroatoms. The van der Waals surface area contributed by atoms with Crippen molar-refractivity contribution in [1.29, 1.82) is 0 Å². The molecule has 2 aromatic rings. The van der Waals surface area contributed by atoms with E-state index in [2.05, 4.69) is 0 Å². The number of aliphatic hydroxyl groups excluding tert-OH is 2. The molecule has 0 fully saturated rings. The molecule has 0 aliphatic carbocycles. The lowest BCUT2D eigenvalue weighted by Crippen LogP contribution is -2.13. The van der Waals surface area contributed by atoms with Gasteiger partial charge in [-0.15, -0.1) is 0 Å². The Labute approximate surface area is 140 Å². The van der Waals surface area contributed by atoms with E-state index in [1.807, 2.05) is 0 Å². The minimum atomic E-state index is -0.930. The molecule has 2 rings (SSSR count). The number of benzene rings is 2. The first kappa shape index (κ1) is 17.9. The molecule has 0 bridgehead atoms. The second-order valence-electron chi connectivity index (χ2n) is 5.43. The first-order valence-corrected chi connectivity index (χ1v) is 7.54. The second-order valence-corrected chi connectivity index (χ2v) is 5.43. The summed E-state index contributed by atoms with van der Waals surface area (Å²) in [5.41, 5.74) is 1.27. The Morgan fingerprint density at radius 1 is 0.875 bits per heavy atom. The van der Waals surface area contributed by atoms with Crippen LogP contribution in [-0.2, 0) is 0 Å². The number of aliphatic hydroxyl groups is 2. The van der Waals surface area contributed by atoms with Crippen LogP contribution in [0, 0.1) is 0 Å². The molecule has 0 saturated heterocycles. The van der Waals surface area contributed by atoms with E-state index in [-0.39, 0.29) is 23.9 Å². The van der Waals surface area contributed by atoms with Crippen LogP contribution in [0.15, 0.2) is 36.4 Å². The van der Waals surface area contributed by atoms with Crippen LogP contribution in [0.5, 0.6) is 23.0 Å². The third kappa shape index (κ3) is 3.72. The van der Waals surface area contributed by atoms with Crippen molar-refractivity contribution in [3.63, 3.8) is 0 Å². The summed E-state index contributed by atoms with van der Waals surface area (Å²) in [5, 5.41) is 39.5. The summed E-state index contributed by atoms with van der Waals surface area (Å²) in [6, 6.07) is 9.41. The van der Waals surface area contributed by atoms with Gasteiger partial charge in [0, 0.05) is 12.5 Å². The van der Waals surface area contributed by atoms with Crippen LogP contribution in [0.1, 0.15) is 29.6 Å². The minimum absolute atomic E-state index is 0.00444. The van der Waals surface area contributed by atoms with E-state index < -0.39 is 12.0 Å². The molecule has 0 aromatic heterocycles. The van der Waals surface area contributed by atoms with Crippen LogP contribution >= 0.6 is 0 Å². The topological polar surface area (TPSA) is 99.4 Å². The fourth-order valence-corrected chi connectivity index (χ4v) is 2.68. The largest absolute Gasteiger partial charge is 0.504 e. The van der Waals surface area contributed by atoms with Gasteiger partial charge in [0.05, 0.1) is 20.3 Å². The maximum atomic E-state index is 10.8. The average Bonchev–Trinajstić information content (AvgIpc) is 2.60. The Morgan fingerprint density at radius 3 is 1.88 bits per heavy atom. The maximum absolute atomic E-state index is 10.8. The number of rotatable bonds is 7. The molecule has 0 unspecified atom stereocenters. The highest BCUT2D eigenvalue weighted by molar-refractivity contribution is 5.45. The monoisotopic (exact) mass is 334 g/mol. The van der Waals surface area contributed by atoms with Crippen molar-refractivity contribution in [2.45, 2.75) is 18.4 Å². The third-order valence-corrected chi connectivity index (χ3v) is 4.00. The smallest absolute Gasteiger partial charge is 0.160 e. The number of phenols is 2. The summed E-state index contributed by atoms with van der Waals surface area (Å²) in [6.07, 6.45) is -0.612. The van der Waals surface area contributed by atoms with Crippen molar-refractivity contribution in [1.82, 2.24) is 0 Å². The van der Waals surface area contributed by atoms with Crippen molar-refractivity contribution < 1.29 is 29.9 Å². The molecular weight excluding hydrogens is 312 g/mol. The molecule has 0 amide bonds. The molecule has 24 heavy (non-hydrogen) atoms. The molecule has 0 radical (unpaired) electrons. The van der Waals surface area contributed by atoms with Crippen molar-refractivity contribution >= 4 is 0 Å².